The van der Waals surface area contributed by atoms with Gasteiger partial charge in [0.1, 0.15) is 0 Å². The fourth-order valence-electron chi connectivity index (χ4n) is 1.04. The summed E-state index contributed by atoms with van der Waals surface area (Å²) in [6, 6.07) is 0. The smallest absolute Gasteiger partial charge is 0.289 e. The van der Waals surface area contributed by atoms with Crippen LogP contribution in [-0.2, 0) is 4.65 Å². The molecule has 0 amide bonds. The van der Waals surface area contributed by atoms with Crippen LogP contribution in [0, 0.1) is 0 Å². The lowest BCUT2D eigenvalue weighted by Crippen LogP contribution is -2.28. The maximum atomic E-state index is 12.4. The zero-order chi connectivity index (χ0) is 8.20. The van der Waals surface area contributed by atoms with Crippen LogP contribution in [-0.4, -0.2) is 19.3 Å². The summed E-state index contributed by atoms with van der Waals surface area (Å²) in [6.45, 7) is 7.09. The first-order valence-corrected chi connectivity index (χ1v) is 3.57. The molecule has 0 fully saturated rings. The van der Waals surface area contributed by atoms with Crippen LogP contribution in [0.5, 0.6) is 0 Å². The highest BCUT2D eigenvalue weighted by Crippen LogP contribution is 2.17. The van der Waals surface area contributed by atoms with Crippen LogP contribution in [0.2, 0.25) is 6.82 Å². The summed E-state index contributed by atoms with van der Waals surface area (Å²) in [4.78, 5) is 0. The number of hydrogen-bond acceptors (Lipinski definition) is 1. The minimum Gasteiger partial charge on any atom is -0.436 e. The first kappa shape index (κ1) is 9.95. The molecule has 1 radical (unpaired) electrons. The third-order valence-electron chi connectivity index (χ3n) is 1.21. The molecule has 0 aliphatic heterocycles. The summed E-state index contributed by atoms with van der Waals surface area (Å²) in [5.74, 6) is 0. The molecule has 0 aliphatic rings. The second-order valence-electron chi connectivity index (χ2n) is 3.10. The molecule has 1 unspecified atom stereocenters. The van der Waals surface area contributed by atoms with Gasteiger partial charge in [0, 0.05) is 12.0 Å². The quantitative estimate of drug-likeness (QED) is 0.551. The van der Waals surface area contributed by atoms with Gasteiger partial charge in [0.05, 0.1) is 6.17 Å². The minimum absolute atomic E-state index is 0.358. The molecular formula is C7H15BFO. The molecule has 3 heteroatoms. The van der Waals surface area contributed by atoms with E-state index in [1.165, 1.54) is 0 Å². The lowest BCUT2D eigenvalue weighted by atomic mass is 9.97. The Morgan fingerprint density at radius 3 is 2.40 bits per heavy atom. The van der Waals surface area contributed by atoms with E-state index in [0.717, 1.165) is 0 Å². The van der Waals surface area contributed by atoms with Crippen LogP contribution in [0.1, 0.15) is 27.2 Å². The lowest BCUT2D eigenvalue weighted by molar-refractivity contribution is 0.0784. The van der Waals surface area contributed by atoms with Crippen molar-refractivity contribution >= 4 is 7.48 Å². The maximum Gasteiger partial charge on any atom is 0.289 e. The minimum atomic E-state index is -0.796. The Balaban J connectivity index is 3.63. The molecule has 0 heterocycles. The van der Waals surface area contributed by atoms with Crippen LogP contribution < -0.4 is 0 Å². The topological polar surface area (TPSA) is 9.23 Å². The highest BCUT2D eigenvalue weighted by molar-refractivity contribution is 6.24. The van der Waals surface area contributed by atoms with E-state index in [1.807, 2.05) is 13.8 Å². The molecule has 0 aromatic heterocycles. The van der Waals surface area contributed by atoms with Crippen molar-refractivity contribution in [2.24, 2.45) is 0 Å². The van der Waals surface area contributed by atoms with E-state index in [4.69, 9.17) is 4.65 Å². The van der Waals surface area contributed by atoms with Gasteiger partial charge in [-0.15, -0.1) is 0 Å². The van der Waals surface area contributed by atoms with Gasteiger partial charge in [-0.05, 0) is 20.8 Å². The van der Waals surface area contributed by atoms with Gasteiger partial charge in [-0.1, -0.05) is 6.82 Å². The molecule has 0 saturated heterocycles. The molecule has 0 aromatic rings. The summed E-state index contributed by atoms with van der Waals surface area (Å²) < 4.78 is 17.6. The number of halogens is 1. The zero-order valence-electron chi connectivity index (χ0n) is 7.15. The van der Waals surface area contributed by atoms with E-state index in [0.29, 0.717) is 6.42 Å². The van der Waals surface area contributed by atoms with E-state index in [2.05, 4.69) is 0 Å². The standard InChI is InChI=1S/C7H15BFO/c1-6(9)5-7(2,3)10-8-4/h6H,5H2,1-4H3. The van der Waals surface area contributed by atoms with Crippen LogP contribution in [0.4, 0.5) is 4.39 Å². The molecule has 0 aromatic carbocycles. The van der Waals surface area contributed by atoms with Crippen molar-refractivity contribution in [3.63, 3.8) is 0 Å². The Bertz CT molecular complexity index is 93.6. The fourth-order valence-corrected chi connectivity index (χ4v) is 1.04. The fraction of sp³-hybridized carbons (Fsp3) is 1.00. The van der Waals surface area contributed by atoms with E-state index in [1.54, 1.807) is 21.2 Å². The summed E-state index contributed by atoms with van der Waals surface area (Å²) >= 11 is 0. The summed E-state index contributed by atoms with van der Waals surface area (Å²) in [7, 11) is 1.60. The van der Waals surface area contributed by atoms with Crippen LogP contribution >= 0.6 is 0 Å². The van der Waals surface area contributed by atoms with Crippen molar-refractivity contribution in [3.05, 3.63) is 0 Å². The second kappa shape index (κ2) is 3.96. The Morgan fingerprint density at radius 1 is 1.60 bits per heavy atom. The number of alkyl halides is 1. The van der Waals surface area contributed by atoms with E-state index >= 15 is 0 Å². The van der Waals surface area contributed by atoms with Gasteiger partial charge >= 0.3 is 0 Å². The molecule has 0 N–H and O–H groups in total. The van der Waals surface area contributed by atoms with Crippen molar-refractivity contribution in [2.45, 2.75) is 45.8 Å². The molecule has 1 nitrogen and oxygen atoms in total. The zero-order valence-corrected chi connectivity index (χ0v) is 7.15. The molecule has 0 spiro atoms. The van der Waals surface area contributed by atoms with Crippen LogP contribution in [0.3, 0.4) is 0 Å². The van der Waals surface area contributed by atoms with Crippen molar-refractivity contribution in [1.82, 2.24) is 0 Å². The van der Waals surface area contributed by atoms with Crippen LogP contribution in [0.15, 0.2) is 0 Å². The van der Waals surface area contributed by atoms with E-state index in [-0.39, 0.29) is 5.60 Å². The average Bonchev–Trinajstić information content (AvgIpc) is 1.59. The second-order valence-corrected chi connectivity index (χ2v) is 3.10. The molecule has 0 rings (SSSR count). The number of rotatable bonds is 4. The molecule has 0 aliphatic carbocycles. The molecule has 0 bridgehead atoms. The van der Waals surface area contributed by atoms with E-state index < -0.39 is 6.17 Å². The van der Waals surface area contributed by atoms with Crippen molar-refractivity contribution in [3.8, 4) is 0 Å². The predicted octanol–water partition coefficient (Wildman–Crippen LogP) is 2.20. The Labute approximate surface area is 63.2 Å². The average molecular weight is 145 g/mol. The van der Waals surface area contributed by atoms with Gasteiger partial charge in [0.15, 0.2) is 0 Å². The third kappa shape index (κ3) is 4.80. The van der Waals surface area contributed by atoms with Gasteiger partial charge in [0.2, 0.25) is 0 Å². The van der Waals surface area contributed by atoms with Crippen molar-refractivity contribution in [2.75, 3.05) is 0 Å². The summed E-state index contributed by atoms with van der Waals surface area (Å²) in [5, 5.41) is 0. The van der Waals surface area contributed by atoms with E-state index in [9.17, 15) is 4.39 Å². The molecule has 10 heavy (non-hydrogen) atoms. The largest absolute Gasteiger partial charge is 0.436 e. The number of hydrogen-bond donors (Lipinski definition) is 0. The Kier molecular flexibility index (Phi) is 3.95. The summed E-state index contributed by atoms with van der Waals surface area (Å²) in [5.41, 5.74) is -0.358. The first-order valence-electron chi connectivity index (χ1n) is 3.57. The normalized spacial score (nSPS) is 14.9. The third-order valence-corrected chi connectivity index (χ3v) is 1.21. The van der Waals surface area contributed by atoms with Gasteiger partial charge in [-0.2, -0.15) is 0 Å². The Hall–Kier alpha value is -0.0451. The van der Waals surface area contributed by atoms with Crippen molar-refractivity contribution in [1.29, 1.82) is 0 Å². The SMILES string of the molecule is C[B]OC(C)(C)CC(C)F. The highest BCUT2D eigenvalue weighted by Gasteiger charge is 2.19. The van der Waals surface area contributed by atoms with Crippen molar-refractivity contribution < 1.29 is 9.04 Å². The van der Waals surface area contributed by atoms with Crippen LogP contribution in [0.25, 0.3) is 0 Å². The molecule has 59 valence electrons. The maximum absolute atomic E-state index is 12.4. The van der Waals surface area contributed by atoms with Gasteiger partial charge in [-0.25, -0.2) is 4.39 Å². The lowest BCUT2D eigenvalue weighted by Gasteiger charge is -2.25. The molecule has 0 saturated carbocycles. The Morgan fingerprint density at radius 2 is 2.10 bits per heavy atom. The van der Waals surface area contributed by atoms with Gasteiger partial charge in [-0.3, -0.25) is 0 Å². The molecule has 1 atom stereocenters. The highest BCUT2D eigenvalue weighted by atomic mass is 19.1. The van der Waals surface area contributed by atoms with Gasteiger partial charge in [0.25, 0.3) is 7.48 Å². The monoisotopic (exact) mass is 145 g/mol. The predicted molar refractivity (Wildman–Crippen MR) is 42.0 cm³/mol. The summed E-state index contributed by atoms with van der Waals surface area (Å²) in [6.07, 6.45) is -0.355. The molecular weight excluding hydrogens is 130 g/mol. The first-order chi connectivity index (χ1) is 4.48. The van der Waals surface area contributed by atoms with Gasteiger partial charge < -0.3 is 4.65 Å².